The van der Waals surface area contributed by atoms with Gasteiger partial charge in [0.2, 0.25) is 0 Å². The molecule has 0 amide bonds. The highest BCUT2D eigenvalue weighted by atomic mass is 35.5. The normalized spacial score (nSPS) is 10.3. The second-order valence-electron chi connectivity index (χ2n) is 4.53. The van der Waals surface area contributed by atoms with Crippen molar-refractivity contribution in [3.8, 4) is 11.5 Å². The first-order valence-corrected chi connectivity index (χ1v) is 6.63. The Morgan fingerprint density at radius 2 is 1.70 bits per heavy atom. The molecule has 2 aromatic carbocycles. The van der Waals surface area contributed by atoms with Crippen molar-refractivity contribution in [3.63, 3.8) is 0 Å². The maximum Gasteiger partial charge on any atom is 0.272 e. The summed E-state index contributed by atoms with van der Waals surface area (Å²) in [6.45, 7) is 3.65. The van der Waals surface area contributed by atoms with E-state index in [0.717, 1.165) is 11.1 Å². The quantitative estimate of drug-likeness (QED) is 0.464. The third-order valence-electron chi connectivity index (χ3n) is 3.06. The predicted octanol–water partition coefficient (Wildman–Crippen LogP) is 4.74. The number of benzene rings is 2. The van der Waals surface area contributed by atoms with Crippen molar-refractivity contribution in [1.29, 1.82) is 0 Å². The first kappa shape index (κ1) is 14.3. The van der Waals surface area contributed by atoms with Crippen molar-refractivity contribution in [3.05, 3.63) is 63.2 Å². The highest BCUT2D eigenvalue weighted by Crippen LogP contribution is 2.28. The third-order valence-corrected chi connectivity index (χ3v) is 3.35. The molecule has 4 nitrogen and oxygen atoms in total. The Bertz CT molecular complexity index is 656. The van der Waals surface area contributed by atoms with Crippen LogP contribution < -0.4 is 4.74 Å². The second-order valence-corrected chi connectivity index (χ2v) is 4.80. The molecule has 0 fully saturated rings. The van der Waals surface area contributed by atoms with Crippen LogP contribution in [0.4, 0.5) is 5.69 Å². The molecule has 0 aliphatic rings. The first-order valence-electron chi connectivity index (χ1n) is 6.09. The van der Waals surface area contributed by atoms with Gasteiger partial charge in [-0.1, -0.05) is 6.07 Å². The molecule has 0 bridgehead atoms. The summed E-state index contributed by atoms with van der Waals surface area (Å²) in [5.74, 6) is 1.72. The van der Waals surface area contributed by atoms with Crippen LogP contribution in [0.3, 0.4) is 0 Å². The lowest BCUT2D eigenvalue weighted by atomic mass is 10.1. The molecule has 5 heteroatoms. The molecule has 0 heterocycles. The van der Waals surface area contributed by atoms with Gasteiger partial charge in [0, 0.05) is 17.5 Å². The molecule has 0 spiro atoms. The summed E-state index contributed by atoms with van der Waals surface area (Å²) in [4.78, 5) is 10.4. The van der Waals surface area contributed by atoms with Crippen LogP contribution in [0, 0.1) is 24.0 Å². The molecule has 2 rings (SSSR count). The molecule has 2 aromatic rings. The van der Waals surface area contributed by atoms with E-state index in [2.05, 4.69) is 0 Å². The number of alkyl halides is 1. The molecule has 0 saturated heterocycles. The van der Waals surface area contributed by atoms with Gasteiger partial charge in [-0.3, -0.25) is 10.1 Å². The zero-order valence-corrected chi connectivity index (χ0v) is 12.0. The van der Waals surface area contributed by atoms with Gasteiger partial charge in [-0.05, 0) is 49.2 Å². The number of halogens is 1. The number of hydrogen-bond acceptors (Lipinski definition) is 3. The van der Waals surface area contributed by atoms with E-state index in [0.29, 0.717) is 22.9 Å². The lowest BCUT2D eigenvalue weighted by Crippen LogP contribution is -1.93. The van der Waals surface area contributed by atoms with Gasteiger partial charge in [0.1, 0.15) is 11.5 Å². The molecule has 0 atom stereocenters. The van der Waals surface area contributed by atoms with Gasteiger partial charge < -0.3 is 4.74 Å². The van der Waals surface area contributed by atoms with Crippen molar-refractivity contribution in [2.75, 3.05) is 0 Å². The number of nitro groups is 1. The van der Waals surface area contributed by atoms with Crippen molar-refractivity contribution in [2.24, 2.45) is 0 Å². The lowest BCUT2D eigenvalue weighted by Gasteiger charge is -2.09. The first-order chi connectivity index (χ1) is 9.51. The van der Waals surface area contributed by atoms with E-state index in [9.17, 15) is 10.1 Å². The highest BCUT2D eigenvalue weighted by molar-refractivity contribution is 6.17. The Morgan fingerprint density at radius 1 is 1.10 bits per heavy atom. The monoisotopic (exact) mass is 291 g/mol. The summed E-state index contributed by atoms with van der Waals surface area (Å²) in [6.07, 6.45) is 0. The van der Waals surface area contributed by atoms with Gasteiger partial charge in [0.25, 0.3) is 5.69 Å². The van der Waals surface area contributed by atoms with Crippen LogP contribution in [0.2, 0.25) is 0 Å². The molecular formula is C15H14ClNO3. The zero-order chi connectivity index (χ0) is 14.7. The van der Waals surface area contributed by atoms with Crippen molar-refractivity contribution in [2.45, 2.75) is 19.7 Å². The number of hydrogen-bond donors (Lipinski definition) is 0. The van der Waals surface area contributed by atoms with Gasteiger partial charge in [-0.15, -0.1) is 11.6 Å². The average Bonchev–Trinajstić information content (AvgIpc) is 2.38. The van der Waals surface area contributed by atoms with Gasteiger partial charge in [0.15, 0.2) is 0 Å². The average molecular weight is 292 g/mol. The van der Waals surface area contributed by atoms with Crippen LogP contribution in [-0.4, -0.2) is 4.92 Å². The number of nitrogens with zero attached hydrogens (tertiary/aromatic N) is 1. The van der Waals surface area contributed by atoms with Crippen LogP contribution in [0.1, 0.15) is 16.7 Å². The summed E-state index contributed by atoms with van der Waals surface area (Å²) < 4.78 is 5.71. The maximum absolute atomic E-state index is 10.8. The van der Waals surface area contributed by atoms with Gasteiger partial charge in [-0.2, -0.15) is 0 Å². The Labute approximate surface area is 122 Å². The molecule has 0 unspecified atom stereocenters. The largest absolute Gasteiger partial charge is 0.457 e. The summed E-state index contributed by atoms with van der Waals surface area (Å²) in [6, 6.07) is 10.3. The topological polar surface area (TPSA) is 52.4 Å². The van der Waals surface area contributed by atoms with E-state index in [1.54, 1.807) is 19.1 Å². The predicted molar refractivity (Wildman–Crippen MR) is 78.6 cm³/mol. The van der Waals surface area contributed by atoms with E-state index in [4.69, 9.17) is 16.3 Å². The molecule has 0 aliphatic heterocycles. The minimum atomic E-state index is -0.404. The molecule has 0 N–H and O–H groups in total. The Balaban J connectivity index is 2.24. The Morgan fingerprint density at radius 3 is 2.20 bits per heavy atom. The van der Waals surface area contributed by atoms with Gasteiger partial charge in [-0.25, -0.2) is 0 Å². The van der Waals surface area contributed by atoms with Crippen LogP contribution in [-0.2, 0) is 5.88 Å². The standard InChI is InChI=1S/C15H14ClNO3/c1-10-7-13(4-3-12(10)9-16)20-14-5-6-15(17(18)19)11(2)8-14/h3-8H,9H2,1-2H3. The van der Waals surface area contributed by atoms with E-state index < -0.39 is 4.92 Å². The third kappa shape index (κ3) is 3.08. The number of nitro benzene ring substituents is 1. The van der Waals surface area contributed by atoms with Crippen molar-refractivity contribution in [1.82, 2.24) is 0 Å². The summed E-state index contributed by atoms with van der Waals surface area (Å²) in [5.41, 5.74) is 2.77. The van der Waals surface area contributed by atoms with Crippen molar-refractivity contribution < 1.29 is 9.66 Å². The maximum atomic E-state index is 10.8. The van der Waals surface area contributed by atoms with E-state index in [1.165, 1.54) is 6.07 Å². The fourth-order valence-electron chi connectivity index (χ4n) is 1.91. The number of rotatable bonds is 4. The lowest BCUT2D eigenvalue weighted by molar-refractivity contribution is -0.385. The van der Waals surface area contributed by atoms with E-state index in [-0.39, 0.29) is 5.69 Å². The summed E-state index contributed by atoms with van der Waals surface area (Å²) in [7, 11) is 0. The number of ether oxygens (including phenoxy) is 1. The van der Waals surface area contributed by atoms with Gasteiger partial charge >= 0.3 is 0 Å². The van der Waals surface area contributed by atoms with Gasteiger partial charge in [0.05, 0.1) is 4.92 Å². The molecule has 0 saturated carbocycles. The molecular weight excluding hydrogens is 278 g/mol. The van der Waals surface area contributed by atoms with Crippen LogP contribution in [0.15, 0.2) is 36.4 Å². The van der Waals surface area contributed by atoms with Crippen LogP contribution in [0.5, 0.6) is 11.5 Å². The van der Waals surface area contributed by atoms with E-state index in [1.807, 2.05) is 25.1 Å². The number of aryl methyl sites for hydroxylation is 2. The summed E-state index contributed by atoms with van der Waals surface area (Å²) in [5, 5.41) is 10.8. The fraction of sp³-hybridized carbons (Fsp3) is 0.200. The molecule has 20 heavy (non-hydrogen) atoms. The minimum absolute atomic E-state index is 0.0889. The zero-order valence-electron chi connectivity index (χ0n) is 11.2. The van der Waals surface area contributed by atoms with Crippen LogP contribution >= 0.6 is 11.6 Å². The molecule has 104 valence electrons. The van der Waals surface area contributed by atoms with Crippen LogP contribution in [0.25, 0.3) is 0 Å². The summed E-state index contributed by atoms with van der Waals surface area (Å²) >= 11 is 5.81. The molecule has 0 aromatic heterocycles. The molecule has 0 aliphatic carbocycles. The minimum Gasteiger partial charge on any atom is -0.457 e. The fourth-order valence-corrected chi connectivity index (χ4v) is 2.21. The Kier molecular flexibility index (Phi) is 4.25. The van der Waals surface area contributed by atoms with E-state index >= 15 is 0 Å². The highest BCUT2D eigenvalue weighted by Gasteiger charge is 2.11. The molecule has 0 radical (unpaired) electrons. The van der Waals surface area contributed by atoms with Crippen molar-refractivity contribution >= 4 is 17.3 Å². The second kappa shape index (κ2) is 5.92. The SMILES string of the molecule is Cc1cc(Oc2ccc([N+](=O)[O-])c(C)c2)ccc1CCl. The smallest absolute Gasteiger partial charge is 0.272 e. The Hall–Kier alpha value is -2.07.